The molecule has 204 valence electrons. The van der Waals surface area contributed by atoms with Crippen LogP contribution in [0.4, 0.5) is 0 Å². The number of oxazole rings is 1. The highest BCUT2D eigenvalue weighted by molar-refractivity contribution is 6.30. The molecule has 39 heavy (non-hydrogen) atoms. The van der Waals surface area contributed by atoms with E-state index in [0.717, 1.165) is 59.6 Å². The van der Waals surface area contributed by atoms with Crippen molar-refractivity contribution in [3.05, 3.63) is 99.9 Å². The molecule has 0 saturated heterocycles. The second-order valence-corrected chi connectivity index (χ2v) is 9.88. The predicted molar refractivity (Wildman–Crippen MR) is 153 cm³/mol. The minimum Gasteiger partial charge on any atom is -0.493 e. The molecule has 3 aromatic carbocycles. The number of aliphatic carboxylic acids is 1. The van der Waals surface area contributed by atoms with Crippen molar-refractivity contribution in [1.29, 1.82) is 0 Å². The number of carboxylic acid groups (broad SMARTS) is 1. The maximum Gasteiger partial charge on any atom is 0.349 e. The molecule has 1 aromatic heterocycles. The molecule has 6 nitrogen and oxygen atoms in total. The number of hydrogen-bond donors (Lipinski definition) is 1. The molecule has 1 N–H and O–H groups in total. The highest BCUT2D eigenvalue weighted by Gasteiger charge is 2.25. The van der Waals surface area contributed by atoms with Crippen molar-refractivity contribution in [2.24, 2.45) is 0 Å². The van der Waals surface area contributed by atoms with Crippen LogP contribution < -0.4 is 9.47 Å². The van der Waals surface area contributed by atoms with Crippen molar-refractivity contribution in [2.45, 2.75) is 59.0 Å². The van der Waals surface area contributed by atoms with Gasteiger partial charge < -0.3 is 19.0 Å². The van der Waals surface area contributed by atoms with Crippen LogP contribution in [-0.4, -0.2) is 22.7 Å². The highest BCUT2D eigenvalue weighted by Crippen LogP contribution is 2.35. The molecule has 0 aliphatic heterocycles. The summed E-state index contributed by atoms with van der Waals surface area (Å²) < 4.78 is 18.3. The molecule has 0 spiro atoms. The zero-order chi connectivity index (χ0) is 27.8. The van der Waals surface area contributed by atoms with Crippen LogP contribution in [0.25, 0.3) is 11.5 Å². The van der Waals surface area contributed by atoms with Crippen LogP contribution in [0.1, 0.15) is 60.9 Å². The highest BCUT2D eigenvalue weighted by atomic mass is 35.5. The quantitative estimate of drug-likeness (QED) is 0.182. The number of aromatic nitrogens is 1. The molecule has 0 aliphatic rings. The zero-order valence-corrected chi connectivity index (χ0v) is 23.3. The van der Waals surface area contributed by atoms with Crippen LogP contribution in [0.15, 0.2) is 71.1 Å². The van der Waals surface area contributed by atoms with Crippen molar-refractivity contribution in [1.82, 2.24) is 4.98 Å². The van der Waals surface area contributed by atoms with E-state index in [1.807, 2.05) is 49.4 Å². The summed E-state index contributed by atoms with van der Waals surface area (Å²) in [6, 6.07) is 20.5. The van der Waals surface area contributed by atoms with Crippen molar-refractivity contribution in [2.75, 3.05) is 6.61 Å². The fourth-order valence-corrected chi connectivity index (χ4v) is 4.64. The molecular weight excluding hydrogens is 514 g/mol. The van der Waals surface area contributed by atoms with Crippen LogP contribution in [0.3, 0.4) is 0 Å². The van der Waals surface area contributed by atoms with E-state index in [-0.39, 0.29) is 0 Å². The Morgan fingerprint density at radius 1 is 0.974 bits per heavy atom. The molecule has 7 heteroatoms. The number of rotatable bonds is 13. The summed E-state index contributed by atoms with van der Waals surface area (Å²) in [5.41, 5.74) is 4.21. The number of nitrogens with zero attached hydrogens (tertiary/aromatic N) is 1. The summed E-state index contributed by atoms with van der Waals surface area (Å²) in [4.78, 5) is 16.9. The van der Waals surface area contributed by atoms with Gasteiger partial charge in [-0.1, -0.05) is 68.6 Å². The van der Waals surface area contributed by atoms with Gasteiger partial charge in [0.2, 0.25) is 12.0 Å². The molecule has 1 heterocycles. The monoisotopic (exact) mass is 547 g/mol. The minimum absolute atomic E-state index is 0.432. The van der Waals surface area contributed by atoms with Crippen LogP contribution in [0.5, 0.6) is 11.5 Å². The van der Waals surface area contributed by atoms with Gasteiger partial charge in [-0.15, -0.1) is 0 Å². The molecule has 0 bridgehead atoms. The van der Waals surface area contributed by atoms with Gasteiger partial charge in [-0.25, -0.2) is 9.78 Å². The Balaban J connectivity index is 1.55. The normalized spacial score (nSPS) is 11.8. The van der Waals surface area contributed by atoms with Crippen molar-refractivity contribution in [3.63, 3.8) is 0 Å². The minimum atomic E-state index is -1.14. The van der Waals surface area contributed by atoms with E-state index in [1.165, 1.54) is 0 Å². The first-order chi connectivity index (χ1) is 18.9. The summed E-state index contributed by atoms with van der Waals surface area (Å²) in [6.45, 7) is 6.52. The molecule has 0 aliphatic carbocycles. The number of halogens is 1. The van der Waals surface area contributed by atoms with Gasteiger partial charge in [-0.2, -0.15) is 0 Å². The molecule has 0 amide bonds. The Bertz CT molecular complexity index is 1350. The lowest BCUT2D eigenvalue weighted by Gasteiger charge is -2.22. The first kappa shape index (κ1) is 28.2. The van der Waals surface area contributed by atoms with E-state index in [1.54, 1.807) is 24.3 Å². The van der Waals surface area contributed by atoms with Gasteiger partial charge in [0.05, 0.1) is 12.3 Å². The maximum absolute atomic E-state index is 12.2. The largest absolute Gasteiger partial charge is 0.493 e. The first-order valence-electron chi connectivity index (χ1n) is 13.3. The molecule has 1 atom stereocenters. The fourth-order valence-electron chi connectivity index (χ4n) is 4.51. The van der Waals surface area contributed by atoms with E-state index < -0.39 is 12.1 Å². The van der Waals surface area contributed by atoms with Crippen molar-refractivity contribution in [3.8, 4) is 23.0 Å². The van der Waals surface area contributed by atoms with E-state index in [2.05, 4.69) is 18.8 Å². The molecule has 0 fully saturated rings. The number of hydrogen-bond acceptors (Lipinski definition) is 5. The Morgan fingerprint density at radius 2 is 1.62 bits per heavy atom. The molecular formula is C32H34ClNO5. The van der Waals surface area contributed by atoms with E-state index in [9.17, 15) is 9.90 Å². The summed E-state index contributed by atoms with van der Waals surface area (Å²) in [6.07, 6.45) is 2.69. The summed E-state index contributed by atoms with van der Waals surface area (Å²) in [5.74, 6) is 1.68. The fraction of sp³-hybridized carbons (Fsp3) is 0.312. The SMILES string of the molecule is CCCc1cc(OCCc2nc(-c3ccccc3)oc2C)cc(CCC)c1OC(C(=O)O)c1ccc(Cl)cc1. The van der Waals surface area contributed by atoms with Crippen molar-refractivity contribution < 1.29 is 23.8 Å². The number of carbonyl (C=O) groups is 1. The lowest BCUT2D eigenvalue weighted by atomic mass is 10.0. The summed E-state index contributed by atoms with van der Waals surface area (Å²) >= 11 is 6.01. The molecule has 0 saturated carbocycles. The van der Waals surface area contributed by atoms with E-state index in [0.29, 0.717) is 35.3 Å². The Kier molecular flexibility index (Phi) is 9.66. The van der Waals surface area contributed by atoms with Gasteiger partial charge in [0.25, 0.3) is 0 Å². The standard InChI is InChI=1S/C32H34ClNO5/c1-4-9-24-19-27(37-18-17-28-21(3)38-31(34-28)23-11-7-6-8-12-23)20-25(10-5-2)29(24)39-30(32(35)36)22-13-15-26(33)16-14-22/h6-8,11-16,19-20,30H,4-5,9-10,17-18H2,1-3H3,(H,35,36). The van der Waals surface area contributed by atoms with Gasteiger partial charge in [-0.3, -0.25) is 0 Å². The third kappa shape index (κ3) is 7.21. The van der Waals surface area contributed by atoms with Gasteiger partial charge in [0, 0.05) is 22.6 Å². The Labute approximate surface area is 234 Å². The first-order valence-corrected chi connectivity index (χ1v) is 13.7. The van der Waals surface area contributed by atoms with Gasteiger partial charge in [-0.05, 0) is 67.3 Å². The van der Waals surface area contributed by atoms with Gasteiger partial charge >= 0.3 is 5.97 Å². The van der Waals surface area contributed by atoms with E-state index >= 15 is 0 Å². The van der Waals surface area contributed by atoms with Gasteiger partial charge in [0.1, 0.15) is 17.3 Å². The number of aryl methyl sites for hydroxylation is 3. The predicted octanol–water partition coefficient (Wildman–Crippen LogP) is 8.03. The van der Waals surface area contributed by atoms with Crippen molar-refractivity contribution >= 4 is 17.6 Å². The third-order valence-electron chi connectivity index (χ3n) is 6.41. The Morgan fingerprint density at radius 3 is 2.21 bits per heavy atom. The average molecular weight is 548 g/mol. The number of ether oxygens (including phenoxy) is 2. The van der Waals surface area contributed by atoms with Gasteiger partial charge in [0.15, 0.2) is 0 Å². The van der Waals surface area contributed by atoms with Crippen LogP contribution in [-0.2, 0) is 24.1 Å². The lowest BCUT2D eigenvalue weighted by Crippen LogP contribution is -2.19. The molecule has 4 rings (SSSR count). The van der Waals surface area contributed by atoms with Crippen LogP contribution in [0.2, 0.25) is 5.02 Å². The topological polar surface area (TPSA) is 81.8 Å². The zero-order valence-electron chi connectivity index (χ0n) is 22.6. The number of benzene rings is 3. The summed E-state index contributed by atoms with van der Waals surface area (Å²) in [5, 5.41) is 10.5. The maximum atomic E-state index is 12.2. The second kappa shape index (κ2) is 13.3. The lowest BCUT2D eigenvalue weighted by molar-refractivity contribution is -0.145. The third-order valence-corrected chi connectivity index (χ3v) is 6.66. The second-order valence-electron chi connectivity index (χ2n) is 9.44. The summed E-state index contributed by atoms with van der Waals surface area (Å²) in [7, 11) is 0. The number of carboxylic acids is 1. The van der Waals surface area contributed by atoms with Crippen LogP contribution in [0, 0.1) is 6.92 Å². The van der Waals surface area contributed by atoms with Crippen LogP contribution >= 0.6 is 11.6 Å². The molecule has 0 radical (unpaired) electrons. The smallest absolute Gasteiger partial charge is 0.349 e. The van der Waals surface area contributed by atoms with E-state index in [4.69, 9.17) is 25.5 Å². The Hall–Kier alpha value is -3.77. The molecule has 4 aromatic rings. The average Bonchev–Trinajstić information content (AvgIpc) is 3.30. The molecule has 1 unspecified atom stereocenters.